The Bertz CT molecular complexity index is 1360. The summed E-state index contributed by atoms with van der Waals surface area (Å²) in [5, 5.41) is 50.2. The highest BCUT2D eigenvalue weighted by atomic mass is 31.2. The molecule has 0 aromatic heterocycles. The molecule has 0 amide bonds. The van der Waals surface area contributed by atoms with Gasteiger partial charge in [0, 0.05) is 12.8 Å². The number of aliphatic hydroxyl groups excluding tert-OH is 5. The Hall–Kier alpha value is -2.71. The van der Waals surface area contributed by atoms with Crippen LogP contribution < -0.4 is 0 Å². The van der Waals surface area contributed by atoms with Crippen LogP contribution in [0.15, 0.2) is 73.4 Å². The molecule has 13 nitrogen and oxygen atoms in total. The van der Waals surface area contributed by atoms with Crippen LogP contribution >= 0.6 is 7.82 Å². The fraction of sp³-hybridized carbons (Fsp3) is 0.714. The van der Waals surface area contributed by atoms with Crippen LogP contribution in [0.5, 0.6) is 0 Å². The van der Waals surface area contributed by atoms with Gasteiger partial charge in [0.25, 0.3) is 0 Å². The normalized spacial score (nSPS) is 22.1. The topological polar surface area (TPSA) is 210 Å². The second-order valence-corrected chi connectivity index (χ2v) is 17.7. The summed E-state index contributed by atoms with van der Waals surface area (Å²) >= 11 is 0. The number of phosphoric acid groups is 1. The van der Waals surface area contributed by atoms with Gasteiger partial charge < -0.3 is 39.9 Å². The highest BCUT2D eigenvalue weighted by Crippen LogP contribution is 2.47. The minimum Gasteiger partial charge on any atom is -0.462 e. The molecule has 1 fully saturated rings. The zero-order valence-electron chi connectivity index (χ0n) is 38.2. The first-order chi connectivity index (χ1) is 30.4. The van der Waals surface area contributed by atoms with Gasteiger partial charge in [-0.3, -0.25) is 18.6 Å². The van der Waals surface area contributed by atoms with Crippen LogP contribution in [0.4, 0.5) is 0 Å². The number of allylic oxidation sites excluding steroid dienone is 11. The molecule has 0 spiro atoms. The van der Waals surface area contributed by atoms with Crippen LogP contribution in [0.1, 0.15) is 167 Å². The first kappa shape index (κ1) is 58.3. The van der Waals surface area contributed by atoms with E-state index in [0.29, 0.717) is 12.8 Å². The fourth-order valence-corrected chi connectivity index (χ4v) is 7.85. The van der Waals surface area contributed by atoms with Crippen molar-refractivity contribution < 1.29 is 63.1 Å². The van der Waals surface area contributed by atoms with Crippen molar-refractivity contribution in [2.24, 2.45) is 0 Å². The summed E-state index contributed by atoms with van der Waals surface area (Å²) in [5.41, 5.74) is 0. The van der Waals surface area contributed by atoms with Crippen molar-refractivity contribution in [2.45, 2.75) is 210 Å². The summed E-state index contributed by atoms with van der Waals surface area (Å²) in [7, 11) is -5.13. The van der Waals surface area contributed by atoms with Crippen molar-refractivity contribution in [1.82, 2.24) is 0 Å². The molecule has 0 aromatic rings. The molecule has 0 heterocycles. The van der Waals surface area contributed by atoms with Crippen molar-refractivity contribution >= 4 is 19.8 Å². The van der Waals surface area contributed by atoms with Gasteiger partial charge in [0.2, 0.25) is 0 Å². The molecule has 0 aliphatic heterocycles. The lowest BCUT2D eigenvalue weighted by Gasteiger charge is -2.41. The zero-order valence-corrected chi connectivity index (χ0v) is 39.1. The van der Waals surface area contributed by atoms with Crippen LogP contribution in [0, 0.1) is 0 Å². The number of unbranched alkanes of at least 4 members (excludes halogenated alkanes) is 16. The Morgan fingerprint density at radius 1 is 0.540 bits per heavy atom. The third-order valence-electron chi connectivity index (χ3n) is 10.7. The van der Waals surface area contributed by atoms with Crippen LogP contribution in [-0.2, 0) is 32.7 Å². The molecule has 8 atom stereocenters. The average Bonchev–Trinajstić information content (AvgIpc) is 3.26. The van der Waals surface area contributed by atoms with Gasteiger partial charge in [0.15, 0.2) is 6.10 Å². The molecular formula is C49H83O13P. The largest absolute Gasteiger partial charge is 0.472 e. The number of hydrogen-bond acceptors (Lipinski definition) is 12. The van der Waals surface area contributed by atoms with E-state index in [4.69, 9.17) is 18.5 Å². The molecule has 0 saturated heterocycles. The van der Waals surface area contributed by atoms with E-state index in [1.165, 1.54) is 57.8 Å². The fourth-order valence-electron chi connectivity index (χ4n) is 6.88. The molecule has 6 unspecified atom stereocenters. The third-order valence-corrected chi connectivity index (χ3v) is 11.7. The molecule has 6 N–H and O–H groups in total. The highest BCUT2D eigenvalue weighted by Gasteiger charge is 2.51. The molecule has 1 aliphatic carbocycles. The number of aliphatic hydroxyl groups is 5. The maximum atomic E-state index is 12.8. The van der Waals surface area contributed by atoms with E-state index in [9.17, 15) is 44.6 Å². The lowest BCUT2D eigenvalue weighted by Crippen LogP contribution is -2.64. The van der Waals surface area contributed by atoms with Crippen molar-refractivity contribution in [3.05, 3.63) is 73.4 Å². The van der Waals surface area contributed by atoms with Crippen molar-refractivity contribution in [3.63, 3.8) is 0 Å². The van der Waals surface area contributed by atoms with Gasteiger partial charge in [0.1, 0.15) is 43.2 Å². The molecule has 0 radical (unpaired) electrons. The third kappa shape index (κ3) is 31.0. The van der Waals surface area contributed by atoms with Gasteiger partial charge in [-0.15, -0.1) is 6.58 Å². The van der Waals surface area contributed by atoms with Crippen LogP contribution in [0.25, 0.3) is 0 Å². The maximum Gasteiger partial charge on any atom is 0.472 e. The SMILES string of the molecule is C=CCCCCCCCCCCCCCCCC(=O)OC[C@H](COP(=O)(O)OC1C(O)C(O)C(O)[C@@H](O)C1O)OC(=O)CCCCC/C=C/C/C=C/C/C=C/C/C=C/C/C=C/CC. The van der Waals surface area contributed by atoms with E-state index in [1.807, 2.05) is 6.08 Å². The standard InChI is InChI=1S/C49H83O13P/c1-3-5-7-9-11-13-15-17-19-20-21-22-24-26-28-30-32-34-36-38-43(51)61-41(40-60-63(57,58)62-49-47(55)45(53)44(52)46(54)48(49)56)39-59-42(50)37-35-33-31-29-27-25-23-18-16-14-12-10-8-6-4-2/h4-5,7,11,13,17,19,21-22,26,28,41,44-49,52-56H,2-3,6,8-10,12,14-16,18,20,23-25,27,29-40H2,1H3,(H,57,58)/b7-5+,13-11+,19-17+,22-21+,28-26+/t41-,44?,45-,46?,47?,48?,49?/m1/s1. The molecule has 0 bridgehead atoms. The Kier molecular flexibility index (Phi) is 35.7. The van der Waals surface area contributed by atoms with Gasteiger partial charge >= 0.3 is 19.8 Å². The second-order valence-electron chi connectivity index (χ2n) is 16.3. The van der Waals surface area contributed by atoms with Crippen molar-refractivity contribution in [1.29, 1.82) is 0 Å². The number of ether oxygens (including phenoxy) is 2. The monoisotopic (exact) mass is 911 g/mol. The van der Waals surface area contributed by atoms with Crippen LogP contribution in [0.3, 0.4) is 0 Å². The number of esters is 2. The van der Waals surface area contributed by atoms with E-state index in [1.54, 1.807) is 0 Å². The predicted octanol–water partition coefficient (Wildman–Crippen LogP) is 9.50. The van der Waals surface area contributed by atoms with Crippen LogP contribution in [-0.4, -0.2) is 98.3 Å². The molecule has 1 saturated carbocycles. The number of carbonyl (C=O) groups is 2. The van der Waals surface area contributed by atoms with Gasteiger partial charge in [-0.25, -0.2) is 4.57 Å². The second kappa shape index (κ2) is 38.5. The number of hydrogen-bond donors (Lipinski definition) is 6. The molecule has 362 valence electrons. The Labute approximate surface area is 378 Å². The molecule has 0 aromatic carbocycles. The van der Waals surface area contributed by atoms with E-state index in [0.717, 1.165) is 77.0 Å². The number of carbonyl (C=O) groups excluding carboxylic acids is 2. The lowest BCUT2D eigenvalue weighted by atomic mass is 9.85. The predicted molar refractivity (Wildman–Crippen MR) is 249 cm³/mol. The Morgan fingerprint density at radius 2 is 0.937 bits per heavy atom. The summed E-state index contributed by atoms with van der Waals surface area (Å²) < 4.78 is 33.5. The van der Waals surface area contributed by atoms with E-state index < -0.39 is 75.7 Å². The summed E-state index contributed by atoms with van der Waals surface area (Å²) in [6.45, 7) is 4.68. The van der Waals surface area contributed by atoms with Gasteiger partial charge in [-0.1, -0.05) is 151 Å². The highest BCUT2D eigenvalue weighted by molar-refractivity contribution is 7.47. The smallest absolute Gasteiger partial charge is 0.462 e. The minimum absolute atomic E-state index is 0.0540. The Balaban J connectivity index is 2.47. The minimum atomic E-state index is -5.13. The Morgan fingerprint density at radius 3 is 1.43 bits per heavy atom. The summed E-state index contributed by atoms with van der Waals surface area (Å²) in [5.74, 6) is -1.14. The molecule has 63 heavy (non-hydrogen) atoms. The zero-order chi connectivity index (χ0) is 46.4. The molecular weight excluding hydrogens is 827 g/mol. The molecule has 1 aliphatic rings. The summed E-state index contributed by atoms with van der Waals surface area (Å²) in [6, 6.07) is 0. The first-order valence-electron chi connectivity index (χ1n) is 23.7. The van der Waals surface area contributed by atoms with E-state index in [2.05, 4.69) is 74.3 Å². The van der Waals surface area contributed by atoms with E-state index >= 15 is 0 Å². The lowest BCUT2D eigenvalue weighted by molar-refractivity contribution is -0.220. The van der Waals surface area contributed by atoms with Crippen molar-refractivity contribution in [2.75, 3.05) is 13.2 Å². The van der Waals surface area contributed by atoms with Crippen molar-refractivity contribution in [3.8, 4) is 0 Å². The van der Waals surface area contributed by atoms with Gasteiger partial charge in [-0.05, 0) is 70.6 Å². The average molecular weight is 911 g/mol. The van der Waals surface area contributed by atoms with E-state index in [-0.39, 0.29) is 12.8 Å². The number of rotatable bonds is 39. The summed E-state index contributed by atoms with van der Waals surface area (Å²) in [4.78, 5) is 35.7. The summed E-state index contributed by atoms with van der Waals surface area (Å²) in [6.07, 6.45) is 34.1. The maximum absolute atomic E-state index is 12.8. The molecule has 1 rings (SSSR count). The first-order valence-corrected chi connectivity index (χ1v) is 25.2. The van der Waals surface area contributed by atoms with Crippen LogP contribution in [0.2, 0.25) is 0 Å². The molecule has 14 heteroatoms. The number of phosphoric ester groups is 1. The van der Waals surface area contributed by atoms with Gasteiger partial charge in [-0.2, -0.15) is 0 Å². The van der Waals surface area contributed by atoms with Gasteiger partial charge in [0.05, 0.1) is 6.61 Å². The quantitative estimate of drug-likeness (QED) is 0.0147.